The van der Waals surface area contributed by atoms with Crippen molar-refractivity contribution in [1.29, 1.82) is 0 Å². The Kier molecular flexibility index (Phi) is 5.17. The van der Waals surface area contributed by atoms with Crippen LogP contribution in [0, 0.1) is 10.8 Å². The fourth-order valence-electron chi connectivity index (χ4n) is 4.53. The van der Waals surface area contributed by atoms with E-state index < -0.39 is 28.7 Å². The molecule has 1 saturated carbocycles. The van der Waals surface area contributed by atoms with E-state index in [1.165, 1.54) is 4.90 Å². The number of amides is 1. The summed E-state index contributed by atoms with van der Waals surface area (Å²) in [5, 5.41) is 21.5. The molecule has 2 N–H and O–H groups in total. The van der Waals surface area contributed by atoms with Crippen LogP contribution in [0.5, 0.6) is 0 Å². The number of carboxylic acids is 1. The molecule has 1 aliphatic carbocycles. The molecule has 2 fully saturated rings. The second kappa shape index (κ2) is 6.45. The molecule has 25 heavy (non-hydrogen) atoms. The minimum atomic E-state index is -1.33. The van der Waals surface area contributed by atoms with Crippen LogP contribution in [-0.2, 0) is 9.53 Å². The van der Waals surface area contributed by atoms with Gasteiger partial charge in [0.15, 0.2) is 0 Å². The van der Waals surface area contributed by atoms with Crippen molar-refractivity contribution < 1.29 is 24.5 Å². The third-order valence-electron chi connectivity index (χ3n) is 5.66. The molecule has 6 heteroatoms. The van der Waals surface area contributed by atoms with E-state index in [0.717, 1.165) is 12.8 Å². The van der Waals surface area contributed by atoms with Crippen LogP contribution in [0.25, 0.3) is 0 Å². The van der Waals surface area contributed by atoms with Crippen molar-refractivity contribution in [2.45, 2.75) is 84.3 Å². The molecule has 144 valence electrons. The van der Waals surface area contributed by atoms with Gasteiger partial charge in [-0.2, -0.15) is 0 Å². The van der Waals surface area contributed by atoms with Gasteiger partial charge in [0.25, 0.3) is 0 Å². The lowest BCUT2D eigenvalue weighted by Crippen LogP contribution is -2.64. The minimum Gasteiger partial charge on any atom is -0.481 e. The predicted octanol–water partition coefficient (Wildman–Crippen LogP) is 3.42. The van der Waals surface area contributed by atoms with Crippen LogP contribution in [0.15, 0.2) is 0 Å². The maximum absolute atomic E-state index is 12.5. The number of nitrogens with zero attached hydrogens (tertiary/aromatic N) is 1. The summed E-state index contributed by atoms with van der Waals surface area (Å²) in [6, 6.07) is 0. The molecule has 2 aliphatic rings. The Balaban J connectivity index is 2.30. The Hall–Kier alpha value is -1.30. The highest BCUT2D eigenvalue weighted by Crippen LogP contribution is 2.52. The van der Waals surface area contributed by atoms with Crippen LogP contribution in [0.4, 0.5) is 4.79 Å². The molecule has 1 saturated heterocycles. The number of likely N-dealkylation sites (tertiary alicyclic amines) is 1. The summed E-state index contributed by atoms with van der Waals surface area (Å²) in [5.74, 6) is -1.01. The quantitative estimate of drug-likeness (QED) is 0.792. The molecule has 2 atom stereocenters. The molecule has 0 radical (unpaired) electrons. The lowest BCUT2D eigenvalue weighted by molar-refractivity contribution is -0.191. The number of carboxylic acid groups (broad SMARTS) is 1. The zero-order valence-corrected chi connectivity index (χ0v) is 16.2. The van der Waals surface area contributed by atoms with E-state index in [-0.39, 0.29) is 12.0 Å². The number of carbonyl (C=O) groups excluding carboxylic acids is 1. The zero-order chi connectivity index (χ0) is 19.1. The molecule has 0 bridgehead atoms. The number of piperidine rings is 1. The van der Waals surface area contributed by atoms with Crippen LogP contribution in [-0.4, -0.2) is 51.5 Å². The summed E-state index contributed by atoms with van der Waals surface area (Å²) in [7, 11) is 0. The molecule has 6 nitrogen and oxygen atoms in total. The standard InChI is InChI=1S/C19H33NO5/c1-16(2,3)25-15(23)20-11-7-9-18(13-20,14(21)22)19(24)10-6-8-17(4,5)12-19/h24H,6-13H2,1-5H3,(H,21,22). The number of carbonyl (C=O) groups is 2. The summed E-state index contributed by atoms with van der Waals surface area (Å²) in [6.07, 6.45) is 3.10. The van der Waals surface area contributed by atoms with Crippen molar-refractivity contribution in [3.05, 3.63) is 0 Å². The topological polar surface area (TPSA) is 87.1 Å². The van der Waals surface area contributed by atoms with Gasteiger partial charge in [-0.05, 0) is 58.3 Å². The lowest BCUT2D eigenvalue weighted by atomic mass is 9.56. The SMILES string of the molecule is CC1(C)CCCC(O)(C2(C(=O)O)CCCN(C(=O)OC(C)(C)C)C2)C1. The van der Waals surface area contributed by atoms with E-state index in [9.17, 15) is 19.8 Å². The molecule has 1 amide bonds. The number of hydrogen-bond acceptors (Lipinski definition) is 4. The van der Waals surface area contributed by atoms with Crippen molar-refractivity contribution in [1.82, 2.24) is 4.90 Å². The average molecular weight is 355 g/mol. The van der Waals surface area contributed by atoms with Gasteiger partial charge >= 0.3 is 12.1 Å². The van der Waals surface area contributed by atoms with Gasteiger partial charge in [0.05, 0.1) is 5.60 Å². The van der Waals surface area contributed by atoms with E-state index >= 15 is 0 Å². The minimum absolute atomic E-state index is 0.00380. The van der Waals surface area contributed by atoms with Gasteiger partial charge in [-0.3, -0.25) is 4.79 Å². The molecule has 0 aromatic rings. The Morgan fingerprint density at radius 1 is 1.08 bits per heavy atom. The third kappa shape index (κ3) is 4.10. The summed E-state index contributed by atoms with van der Waals surface area (Å²) in [5.41, 5.74) is -3.38. The predicted molar refractivity (Wildman–Crippen MR) is 94.3 cm³/mol. The van der Waals surface area contributed by atoms with Gasteiger partial charge in [0.2, 0.25) is 0 Å². The smallest absolute Gasteiger partial charge is 0.410 e. The summed E-state index contributed by atoms with van der Waals surface area (Å²) in [6.45, 7) is 9.97. The van der Waals surface area contributed by atoms with Crippen molar-refractivity contribution >= 4 is 12.1 Å². The highest BCUT2D eigenvalue weighted by atomic mass is 16.6. The van der Waals surface area contributed by atoms with E-state index in [4.69, 9.17) is 4.74 Å². The van der Waals surface area contributed by atoms with Crippen molar-refractivity contribution in [3.63, 3.8) is 0 Å². The van der Waals surface area contributed by atoms with Crippen molar-refractivity contribution in [3.8, 4) is 0 Å². The van der Waals surface area contributed by atoms with E-state index in [1.54, 1.807) is 20.8 Å². The molecular weight excluding hydrogens is 322 g/mol. The van der Waals surface area contributed by atoms with Crippen molar-refractivity contribution in [2.24, 2.45) is 10.8 Å². The molecule has 0 aromatic heterocycles. The van der Waals surface area contributed by atoms with E-state index in [2.05, 4.69) is 13.8 Å². The second-order valence-corrected chi connectivity index (χ2v) is 9.62. The van der Waals surface area contributed by atoms with Crippen LogP contribution < -0.4 is 0 Å². The number of ether oxygens (including phenoxy) is 1. The summed E-state index contributed by atoms with van der Waals surface area (Å²) >= 11 is 0. The Morgan fingerprint density at radius 2 is 1.72 bits per heavy atom. The number of rotatable bonds is 2. The van der Waals surface area contributed by atoms with Gasteiger partial charge in [0.1, 0.15) is 11.0 Å². The Morgan fingerprint density at radius 3 is 2.24 bits per heavy atom. The number of aliphatic carboxylic acids is 1. The van der Waals surface area contributed by atoms with Gasteiger partial charge in [0, 0.05) is 13.1 Å². The van der Waals surface area contributed by atoms with Gasteiger partial charge in [-0.15, -0.1) is 0 Å². The summed E-state index contributed by atoms with van der Waals surface area (Å²) in [4.78, 5) is 26.2. The van der Waals surface area contributed by atoms with Crippen LogP contribution >= 0.6 is 0 Å². The second-order valence-electron chi connectivity index (χ2n) is 9.62. The fourth-order valence-corrected chi connectivity index (χ4v) is 4.53. The molecule has 1 aliphatic heterocycles. The highest BCUT2D eigenvalue weighted by Gasteiger charge is 2.60. The monoisotopic (exact) mass is 355 g/mol. The van der Waals surface area contributed by atoms with Gasteiger partial charge < -0.3 is 19.8 Å². The van der Waals surface area contributed by atoms with Crippen LogP contribution in [0.1, 0.15) is 73.1 Å². The first-order valence-electron chi connectivity index (χ1n) is 9.24. The first kappa shape index (κ1) is 20.0. The highest BCUT2D eigenvalue weighted by molar-refractivity contribution is 5.78. The summed E-state index contributed by atoms with van der Waals surface area (Å²) < 4.78 is 5.42. The largest absolute Gasteiger partial charge is 0.481 e. The zero-order valence-electron chi connectivity index (χ0n) is 16.2. The maximum Gasteiger partial charge on any atom is 0.410 e. The maximum atomic E-state index is 12.5. The fraction of sp³-hybridized carbons (Fsp3) is 0.895. The van der Waals surface area contributed by atoms with Crippen LogP contribution in [0.2, 0.25) is 0 Å². The average Bonchev–Trinajstić information content (AvgIpc) is 2.43. The van der Waals surface area contributed by atoms with Crippen molar-refractivity contribution in [2.75, 3.05) is 13.1 Å². The lowest BCUT2D eigenvalue weighted by Gasteiger charge is -2.53. The van der Waals surface area contributed by atoms with E-state index in [0.29, 0.717) is 32.2 Å². The molecule has 0 spiro atoms. The number of aliphatic hydroxyl groups is 1. The first-order valence-corrected chi connectivity index (χ1v) is 9.24. The molecule has 2 unspecified atom stereocenters. The third-order valence-corrected chi connectivity index (χ3v) is 5.66. The molecule has 1 heterocycles. The normalized spacial score (nSPS) is 33.0. The molecule has 2 rings (SSSR count). The number of hydrogen-bond donors (Lipinski definition) is 2. The van der Waals surface area contributed by atoms with Gasteiger partial charge in [-0.25, -0.2) is 4.79 Å². The van der Waals surface area contributed by atoms with Gasteiger partial charge in [-0.1, -0.05) is 20.3 Å². The Labute approximate surface area is 150 Å². The molecule has 0 aromatic carbocycles. The van der Waals surface area contributed by atoms with E-state index in [1.807, 2.05) is 0 Å². The van der Waals surface area contributed by atoms with Crippen LogP contribution in [0.3, 0.4) is 0 Å². The first-order chi connectivity index (χ1) is 11.3. The molecular formula is C19H33NO5. The Bertz CT molecular complexity index is 538.